The van der Waals surface area contributed by atoms with Gasteiger partial charge in [-0.3, -0.25) is 4.79 Å². The van der Waals surface area contributed by atoms with Gasteiger partial charge >= 0.3 is 0 Å². The first-order chi connectivity index (χ1) is 11.6. The molecule has 24 heavy (non-hydrogen) atoms. The summed E-state index contributed by atoms with van der Waals surface area (Å²) in [5.74, 6) is 0.195. The largest absolute Gasteiger partial charge is 0.358 e. The van der Waals surface area contributed by atoms with E-state index >= 15 is 0 Å². The number of hydrogen-bond donors (Lipinski definition) is 1. The summed E-state index contributed by atoms with van der Waals surface area (Å²) in [5, 5.41) is 1.25. The minimum Gasteiger partial charge on any atom is -0.358 e. The minimum absolute atomic E-state index is 0.195. The minimum atomic E-state index is 0.195. The maximum absolute atomic E-state index is 12.7. The molecule has 3 nitrogen and oxygen atoms in total. The average Bonchev–Trinajstić information content (AvgIpc) is 2.92. The highest BCUT2D eigenvalue weighted by molar-refractivity contribution is 9.10. The van der Waals surface area contributed by atoms with Gasteiger partial charge in [-0.2, -0.15) is 0 Å². The number of halogens is 1. The summed E-state index contributed by atoms with van der Waals surface area (Å²) < 4.78 is 1.01. The highest BCUT2D eigenvalue weighted by Gasteiger charge is 2.24. The highest BCUT2D eigenvalue weighted by atomic mass is 79.9. The average molecular weight is 383 g/mol. The number of hydrogen-bond acceptors (Lipinski definition) is 1. The second-order valence-electron chi connectivity index (χ2n) is 6.50. The van der Waals surface area contributed by atoms with Crippen molar-refractivity contribution in [3.8, 4) is 0 Å². The zero-order valence-electron chi connectivity index (χ0n) is 13.6. The van der Waals surface area contributed by atoms with Crippen molar-refractivity contribution in [3.63, 3.8) is 0 Å². The van der Waals surface area contributed by atoms with Crippen LogP contribution in [-0.4, -0.2) is 22.3 Å². The number of aryl methyl sites for hydroxylation is 1. The third-order valence-electron chi connectivity index (χ3n) is 4.73. The smallest absolute Gasteiger partial charge is 0.227 e. The number of carbonyl (C=O) groups excluding carboxylic acids is 1. The Morgan fingerprint density at radius 3 is 2.96 bits per heavy atom. The zero-order chi connectivity index (χ0) is 16.7. The normalized spacial score (nSPS) is 14.0. The van der Waals surface area contributed by atoms with Crippen LogP contribution in [0.3, 0.4) is 0 Å². The molecule has 2 aromatic carbocycles. The SMILES string of the molecule is Cc1ccc2[nH]c3c(c2c1)CN(C(=O)Cc1cccc(Br)c1)CC3. The second kappa shape index (κ2) is 6.10. The van der Waals surface area contributed by atoms with Crippen molar-refractivity contribution < 1.29 is 4.79 Å². The number of fused-ring (bicyclic) bond motifs is 3. The Morgan fingerprint density at radius 1 is 1.25 bits per heavy atom. The number of nitrogens with zero attached hydrogens (tertiary/aromatic N) is 1. The number of rotatable bonds is 2. The van der Waals surface area contributed by atoms with Crippen LogP contribution in [0.5, 0.6) is 0 Å². The molecular weight excluding hydrogens is 364 g/mol. The van der Waals surface area contributed by atoms with Crippen LogP contribution in [0.2, 0.25) is 0 Å². The van der Waals surface area contributed by atoms with Gasteiger partial charge in [0.1, 0.15) is 0 Å². The zero-order valence-corrected chi connectivity index (χ0v) is 15.2. The first-order valence-electron chi connectivity index (χ1n) is 8.22. The van der Waals surface area contributed by atoms with Gasteiger partial charge in [-0.05, 0) is 36.8 Å². The van der Waals surface area contributed by atoms with Crippen LogP contribution in [0, 0.1) is 6.92 Å². The van der Waals surface area contributed by atoms with E-state index in [4.69, 9.17) is 0 Å². The number of H-pyrrole nitrogens is 1. The molecule has 0 spiro atoms. The Morgan fingerprint density at radius 2 is 2.12 bits per heavy atom. The van der Waals surface area contributed by atoms with Crippen LogP contribution in [0.4, 0.5) is 0 Å². The molecular formula is C20H19BrN2O. The van der Waals surface area contributed by atoms with Gasteiger partial charge < -0.3 is 9.88 Å². The molecule has 122 valence electrons. The number of nitrogens with one attached hydrogen (secondary N) is 1. The number of carbonyl (C=O) groups is 1. The van der Waals surface area contributed by atoms with E-state index in [0.717, 1.165) is 23.0 Å². The van der Waals surface area contributed by atoms with Crippen LogP contribution in [0.1, 0.15) is 22.4 Å². The van der Waals surface area contributed by atoms with Gasteiger partial charge in [-0.25, -0.2) is 0 Å². The van der Waals surface area contributed by atoms with Crippen LogP contribution in [0.25, 0.3) is 10.9 Å². The van der Waals surface area contributed by atoms with Crippen LogP contribution >= 0.6 is 15.9 Å². The van der Waals surface area contributed by atoms with Crippen LogP contribution in [0.15, 0.2) is 46.9 Å². The number of amides is 1. The molecule has 1 amide bonds. The lowest BCUT2D eigenvalue weighted by atomic mass is 10.0. The molecule has 2 heterocycles. The first-order valence-corrected chi connectivity index (χ1v) is 9.02. The number of benzene rings is 2. The molecule has 4 rings (SSSR count). The van der Waals surface area contributed by atoms with Gasteiger partial charge in [-0.15, -0.1) is 0 Å². The monoisotopic (exact) mass is 382 g/mol. The van der Waals surface area contributed by atoms with Gasteiger partial charge in [0.15, 0.2) is 0 Å². The van der Waals surface area contributed by atoms with Crippen LogP contribution < -0.4 is 0 Å². The number of aromatic amines is 1. The molecule has 0 aliphatic carbocycles. The van der Waals surface area contributed by atoms with E-state index in [0.29, 0.717) is 13.0 Å². The summed E-state index contributed by atoms with van der Waals surface area (Å²) in [5.41, 5.74) is 6.04. The standard InChI is InChI=1S/C20H19BrN2O/c1-13-5-6-18-16(9-13)17-12-23(8-7-19(17)22-18)20(24)11-14-3-2-4-15(21)10-14/h2-6,9-10,22H,7-8,11-12H2,1H3. The molecule has 0 saturated carbocycles. The Hall–Kier alpha value is -2.07. The predicted molar refractivity (Wildman–Crippen MR) is 100 cm³/mol. The summed E-state index contributed by atoms with van der Waals surface area (Å²) in [6, 6.07) is 14.5. The Kier molecular flexibility index (Phi) is 3.93. The van der Waals surface area contributed by atoms with Gasteiger partial charge in [0.05, 0.1) is 6.42 Å². The predicted octanol–water partition coefficient (Wildman–Crippen LogP) is 4.37. The van der Waals surface area contributed by atoms with E-state index in [1.54, 1.807) is 0 Å². The van der Waals surface area contributed by atoms with Crippen LogP contribution in [-0.2, 0) is 24.2 Å². The van der Waals surface area contributed by atoms with Gasteiger partial charge in [0.2, 0.25) is 5.91 Å². The summed E-state index contributed by atoms with van der Waals surface area (Å²) >= 11 is 3.47. The fraction of sp³-hybridized carbons (Fsp3) is 0.250. The second-order valence-corrected chi connectivity index (χ2v) is 7.42. The summed E-state index contributed by atoms with van der Waals surface area (Å²) in [6.45, 7) is 3.59. The van der Waals surface area contributed by atoms with Crippen molar-refractivity contribution in [2.45, 2.75) is 26.3 Å². The fourth-order valence-electron chi connectivity index (χ4n) is 3.47. The van der Waals surface area contributed by atoms with Crippen molar-refractivity contribution in [1.82, 2.24) is 9.88 Å². The van der Waals surface area contributed by atoms with Gasteiger partial charge in [0.25, 0.3) is 0 Å². The Labute approximate surface area is 149 Å². The topological polar surface area (TPSA) is 36.1 Å². The fourth-order valence-corrected chi connectivity index (χ4v) is 3.92. The molecule has 4 heteroatoms. The van der Waals surface area contributed by atoms with E-state index in [1.165, 1.54) is 27.7 Å². The summed E-state index contributed by atoms with van der Waals surface area (Å²) in [4.78, 5) is 18.2. The van der Waals surface area contributed by atoms with Crippen molar-refractivity contribution >= 4 is 32.7 Å². The van der Waals surface area contributed by atoms with E-state index < -0.39 is 0 Å². The molecule has 1 aliphatic rings. The lowest BCUT2D eigenvalue weighted by Crippen LogP contribution is -2.36. The van der Waals surface area contributed by atoms with E-state index in [2.05, 4.69) is 46.0 Å². The van der Waals surface area contributed by atoms with Gasteiger partial charge in [0, 0.05) is 46.1 Å². The van der Waals surface area contributed by atoms with Crippen molar-refractivity contribution in [2.24, 2.45) is 0 Å². The first kappa shape index (κ1) is 15.5. The molecule has 0 saturated heterocycles. The van der Waals surface area contributed by atoms with Crippen molar-refractivity contribution in [1.29, 1.82) is 0 Å². The van der Waals surface area contributed by atoms with Crippen molar-refractivity contribution in [3.05, 3.63) is 69.3 Å². The molecule has 1 aliphatic heterocycles. The highest BCUT2D eigenvalue weighted by Crippen LogP contribution is 2.28. The lowest BCUT2D eigenvalue weighted by molar-refractivity contribution is -0.131. The Balaban J connectivity index is 1.58. The number of aromatic nitrogens is 1. The molecule has 0 atom stereocenters. The molecule has 0 bridgehead atoms. The van der Waals surface area contributed by atoms with E-state index in [9.17, 15) is 4.79 Å². The van der Waals surface area contributed by atoms with Crippen molar-refractivity contribution in [2.75, 3.05) is 6.54 Å². The lowest BCUT2D eigenvalue weighted by Gasteiger charge is -2.27. The molecule has 1 aromatic heterocycles. The molecule has 1 N–H and O–H groups in total. The molecule has 0 unspecified atom stereocenters. The summed E-state index contributed by atoms with van der Waals surface area (Å²) in [6.07, 6.45) is 1.35. The molecule has 0 radical (unpaired) electrons. The molecule has 3 aromatic rings. The summed E-state index contributed by atoms with van der Waals surface area (Å²) in [7, 11) is 0. The Bertz CT molecular complexity index is 929. The van der Waals surface area contributed by atoms with E-state index in [-0.39, 0.29) is 5.91 Å². The quantitative estimate of drug-likeness (QED) is 0.701. The molecule has 0 fully saturated rings. The third-order valence-corrected chi connectivity index (χ3v) is 5.22. The third kappa shape index (κ3) is 2.86. The maximum atomic E-state index is 12.7. The maximum Gasteiger partial charge on any atom is 0.227 e. The van der Waals surface area contributed by atoms with E-state index in [1.807, 2.05) is 29.2 Å². The van der Waals surface area contributed by atoms with Gasteiger partial charge in [-0.1, -0.05) is 39.7 Å².